The van der Waals surface area contributed by atoms with Crippen LogP contribution in [0.5, 0.6) is 11.5 Å². The molecule has 1 unspecified atom stereocenters. The van der Waals surface area contributed by atoms with E-state index in [4.69, 9.17) is 13.9 Å². The predicted molar refractivity (Wildman–Crippen MR) is 151 cm³/mol. The van der Waals surface area contributed by atoms with Gasteiger partial charge in [-0.05, 0) is 72.5 Å². The number of furan rings is 1. The molecule has 2 heterocycles. The van der Waals surface area contributed by atoms with Crippen LogP contribution in [0.1, 0.15) is 47.4 Å². The number of aliphatic hydroxyl groups excluding tert-OH is 1. The van der Waals surface area contributed by atoms with Crippen LogP contribution < -0.4 is 9.47 Å². The van der Waals surface area contributed by atoms with Crippen molar-refractivity contribution in [2.45, 2.75) is 39.5 Å². The number of likely N-dealkylation sites (tertiary alicyclic amines) is 1. The van der Waals surface area contributed by atoms with Crippen molar-refractivity contribution in [1.29, 1.82) is 0 Å². The van der Waals surface area contributed by atoms with Gasteiger partial charge in [-0.3, -0.25) is 9.59 Å². The van der Waals surface area contributed by atoms with Crippen LogP contribution in [0.25, 0.3) is 5.76 Å². The summed E-state index contributed by atoms with van der Waals surface area (Å²) < 4.78 is 17.2. The van der Waals surface area contributed by atoms with E-state index < -0.39 is 17.7 Å². The quantitative estimate of drug-likeness (QED) is 0.140. The lowest BCUT2D eigenvalue weighted by Gasteiger charge is -2.24. The first-order valence-corrected chi connectivity index (χ1v) is 13.3. The molecular weight excluding hydrogens is 506 g/mol. The molecule has 1 aromatic heterocycles. The molecule has 5 rings (SSSR count). The summed E-state index contributed by atoms with van der Waals surface area (Å²) in [6.07, 6.45) is 2.39. The maximum atomic E-state index is 13.4. The second kappa shape index (κ2) is 11.9. The third-order valence-electron chi connectivity index (χ3n) is 6.80. The van der Waals surface area contributed by atoms with Crippen LogP contribution in [0, 0.1) is 6.92 Å². The van der Waals surface area contributed by atoms with Crippen LogP contribution in [0.15, 0.2) is 101 Å². The van der Waals surface area contributed by atoms with Gasteiger partial charge in [0.05, 0.1) is 31.0 Å². The van der Waals surface area contributed by atoms with Crippen molar-refractivity contribution in [3.8, 4) is 11.5 Å². The van der Waals surface area contributed by atoms with Crippen molar-refractivity contribution in [2.24, 2.45) is 0 Å². The zero-order chi connectivity index (χ0) is 28.1. The van der Waals surface area contributed by atoms with Gasteiger partial charge in [0.25, 0.3) is 11.7 Å². The van der Waals surface area contributed by atoms with Crippen molar-refractivity contribution in [1.82, 2.24) is 4.90 Å². The number of hydrogen-bond donors (Lipinski definition) is 1. The van der Waals surface area contributed by atoms with Crippen LogP contribution in [0.4, 0.5) is 0 Å². The fourth-order valence-electron chi connectivity index (χ4n) is 4.77. The first-order valence-electron chi connectivity index (χ1n) is 13.3. The van der Waals surface area contributed by atoms with Gasteiger partial charge in [-0.1, -0.05) is 49.4 Å². The molecule has 3 aromatic carbocycles. The number of carbonyl (C=O) groups is 2. The Morgan fingerprint density at radius 1 is 0.950 bits per heavy atom. The molecule has 7 nitrogen and oxygen atoms in total. The highest BCUT2D eigenvalue weighted by Gasteiger charge is 2.46. The van der Waals surface area contributed by atoms with Gasteiger partial charge in [-0.25, -0.2) is 0 Å². The molecule has 1 aliphatic heterocycles. The summed E-state index contributed by atoms with van der Waals surface area (Å²) in [5, 5.41) is 11.4. The summed E-state index contributed by atoms with van der Waals surface area (Å²) >= 11 is 0. The number of hydrogen-bond acceptors (Lipinski definition) is 6. The summed E-state index contributed by atoms with van der Waals surface area (Å²) in [7, 11) is 0. The van der Waals surface area contributed by atoms with E-state index in [-0.39, 0.29) is 17.9 Å². The summed E-state index contributed by atoms with van der Waals surface area (Å²) in [5.41, 5.74) is 2.99. The van der Waals surface area contributed by atoms with Crippen molar-refractivity contribution in [2.75, 3.05) is 6.61 Å². The second-order valence-electron chi connectivity index (χ2n) is 9.68. The Morgan fingerprint density at radius 3 is 2.40 bits per heavy atom. The zero-order valence-electron chi connectivity index (χ0n) is 22.5. The van der Waals surface area contributed by atoms with E-state index in [2.05, 4.69) is 0 Å². The Balaban J connectivity index is 1.50. The maximum absolute atomic E-state index is 13.4. The minimum absolute atomic E-state index is 0.0242. The Bertz CT molecular complexity index is 1510. The molecule has 7 heteroatoms. The van der Waals surface area contributed by atoms with Gasteiger partial charge in [0.2, 0.25) is 0 Å². The van der Waals surface area contributed by atoms with E-state index in [0.29, 0.717) is 41.6 Å². The molecule has 1 saturated heterocycles. The van der Waals surface area contributed by atoms with Crippen LogP contribution in [-0.4, -0.2) is 28.3 Å². The molecule has 1 atom stereocenters. The third kappa shape index (κ3) is 5.64. The Hall–Kier alpha value is -4.78. The number of ether oxygens (including phenoxy) is 2. The van der Waals surface area contributed by atoms with E-state index in [9.17, 15) is 14.7 Å². The van der Waals surface area contributed by atoms with E-state index in [1.165, 1.54) is 11.2 Å². The highest BCUT2D eigenvalue weighted by Crippen LogP contribution is 2.41. The normalized spacial score (nSPS) is 16.4. The molecule has 4 aromatic rings. The van der Waals surface area contributed by atoms with E-state index in [0.717, 1.165) is 17.5 Å². The van der Waals surface area contributed by atoms with Gasteiger partial charge in [0.15, 0.2) is 0 Å². The molecule has 40 heavy (non-hydrogen) atoms. The summed E-state index contributed by atoms with van der Waals surface area (Å²) in [6, 6.07) is 25.0. The average molecular weight is 538 g/mol. The van der Waals surface area contributed by atoms with Crippen LogP contribution in [0.2, 0.25) is 0 Å². The molecule has 1 N–H and O–H groups in total. The van der Waals surface area contributed by atoms with E-state index in [1.807, 2.05) is 56.3 Å². The minimum Gasteiger partial charge on any atom is -0.507 e. The molecule has 0 saturated carbocycles. The number of carbonyl (C=O) groups excluding carboxylic acids is 2. The fraction of sp³-hybridized carbons (Fsp3) is 0.212. The van der Waals surface area contributed by atoms with Crippen molar-refractivity contribution >= 4 is 17.4 Å². The second-order valence-corrected chi connectivity index (χ2v) is 9.68. The summed E-state index contributed by atoms with van der Waals surface area (Å²) in [5.74, 6) is 0.199. The number of aryl methyl sites for hydroxylation is 1. The van der Waals surface area contributed by atoms with Crippen molar-refractivity contribution < 1.29 is 28.6 Å². The summed E-state index contributed by atoms with van der Waals surface area (Å²) in [4.78, 5) is 28.1. The van der Waals surface area contributed by atoms with Crippen LogP contribution in [0.3, 0.4) is 0 Å². The number of Topliss-reactive ketones (excluding diaryl/α,β-unsaturated/α-hetero) is 1. The number of ketones is 1. The maximum Gasteiger partial charge on any atom is 0.296 e. The lowest BCUT2D eigenvalue weighted by Crippen LogP contribution is -2.29. The topological polar surface area (TPSA) is 89.2 Å². The molecule has 1 fully saturated rings. The fourth-order valence-corrected chi connectivity index (χ4v) is 4.77. The van der Waals surface area contributed by atoms with Gasteiger partial charge in [-0.15, -0.1) is 0 Å². The number of aliphatic hydroxyl groups is 1. The zero-order valence-corrected chi connectivity index (χ0v) is 22.5. The number of benzene rings is 3. The summed E-state index contributed by atoms with van der Waals surface area (Å²) in [6.45, 7) is 4.97. The van der Waals surface area contributed by atoms with Gasteiger partial charge in [0, 0.05) is 5.56 Å². The highest BCUT2D eigenvalue weighted by atomic mass is 16.5. The van der Waals surface area contributed by atoms with Gasteiger partial charge in [-0.2, -0.15) is 0 Å². The average Bonchev–Trinajstić information content (AvgIpc) is 3.58. The van der Waals surface area contributed by atoms with E-state index >= 15 is 0 Å². The molecule has 0 bridgehead atoms. The van der Waals surface area contributed by atoms with Crippen molar-refractivity contribution in [3.05, 3.63) is 125 Å². The molecule has 0 radical (unpaired) electrons. The SMILES string of the molecule is CCCOc1ccc(/C(O)=C2/C(=O)C(=O)N(Cc3ccco3)C2c2ccc(OCc3ccccc3)cc2)cc1C. The minimum atomic E-state index is -0.815. The highest BCUT2D eigenvalue weighted by molar-refractivity contribution is 6.46. The predicted octanol–water partition coefficient (Wildman–Crippen LogP) is 6.58. The van der Waals surface area contributed by atoms with Crippen LogP contribution in [-0.2, 0) is 22.7 Å². The Labute approximate surface area is 233 Å². The molecule has 0 aliphatic carbocycles. The first kappa shape index (κ1) is 26.8. The lowest BCUT2D eigenvalue weighted by atomic mass is 9.94. The van der Waals surface area contributed by atoms with E-state index in [1.54, 1.807) is 42.5 Å². The standard InChI is InChI=1S/C33H31NO6/c1-3-17-39-28-16-13-25(19-22(28)2)31(35)29-30(34(33(37)32(29)36)20-27-10-7-18-38-27)24-11-14-26(15-12-24)40-21-23-8-5-4-6-9-23/h4-16,18-19,30,35H,3,17,20-21H2,1-2H3/b31-29-. The Kier molecular flexibility index (Phi) is 8.01. The molecule has 0 spiro atoms. The molecule has 204 valence electrons. The number of nitrogens with zero attached hydrogens (tertiary/aromatic N) is 1. The first-order chi connectivity index (χ1) is 19.5. The number of amides is 1. The lowest BCUT2D eigenvalue weighted by molar-refractivity contribution is -0.140. The van der Waals surface area contributed by atoms with Crippen molar-refractivity contribution in [3.63, 3.8) is 0 Å². The number of rotatable bonds is 10. The van der Waals surface area contributed by atoms with Gasteiger partial charge in [0.1, 0.15) is 29.6 Å². The van der Waals surface area contributed by atoms with Gasteiger partial charge < -0.3 is 23.9 Å². The van der Waals surface area contributed by atoms with Gasteiger partial charge >= 0.3 is 0 Å². The molecular formula is C33H31NO6. The molecule has 1 aliphatic rings. The largest absolute Gasteiger partial charge is 0.507 e. The molecule has 1 amide bonds. The third-order valence-corrected chi connectivity index (χ3v) is 6.80. The van der Waals surface area contributed by atoms with Crippen LogP contribution >= 0.6 is 0 Å². The smallest absolute Gasteiger partial charge is 0.296 e. The Morgan fingerprint density at radius 2 is 1.73 bits per heavy atom. The monoisotopic (exact) mass is 537 g/mol.